The maximum absolute atomic E-state index is 5.01. The van der Waals surface area contributed by atoms with Gasteiger partial charge in [-0.25, -0.2) is 4.98 Å². The summed E-state index contributed by atoms with van der Waals surface area (Å²) in [4.78, 5) is 4.54. The van der Waals surface area contributed by atoms with Crippen LogP contribution in [-0.4, -0.2) is 31.8 Å². The van der Waals surface area contributed by atoms with E-state index in [1.807, 2.05) is 0 Å². The molecule has 0 fully saturated rings. The molecule has 0 spiro atoms. The Hall–Kier alpha value is -1.13. The minimum atomic E-state index is 0.695. The minimum absolute atomic E-state index is 0.695. The Kier molecular flexibility index (Phi) is 6.58. The highest BCUT2D eigenvalue weighted by Crippen LogP contribution is 2.11. The fourth-order valence-electron chi connectivity index (χ4n) is 1.57. The Balaban J connectivity index is 2.67. The van der Waals surface area contributed by atoms with Crippen molar-refractivity contribution in [3.63, 3.8) is 0 Å². The summed E-state index contributed by atoms with van der Waals surface area (Å²) in [7, 11) is 1.70. The van der Waals surface area contributed by atoms with Gasteiger partial charge in [-0.2, -0.15) is 0 Å². The fourth-order valence-corrected chi connectivity index (χ4v) is 1.57. The van der Waals surface area contributed by atoms with Gasteiger partial charge in [-0.05, 0) is 30.7 Å². The highest BCUT2D eigenvalue weighted by Gasteiger charge is 2.01. The molecule has 0 aromatic carbocycles. The number of methoxy groups -OCH3 is 1. The lowest BCUT2D eigenvalue weighted by Crippen LogP contribution is -2.14. The molecule has 1 heterocycles. The largest absolute Gasteiger partial charge is 0.383 e. The molecule has 0 aliphatic carbocycles. The lowest BCUT2D eigenvalue weighted by atomic mass is 10.2. The lowest BCUT2D eigenvalue weighted by molar-refractivity contribution is 0.210. The summed E-state index contributed by atoms with van der Waals surface area (Å²) in [6, 6.07) is 4.25. The first-order chi connectivity index (χ1) is 8.30. The molecule has 0 radical (unpaired) electrons. The fraction of sp³-hybridized carbons (Fsp3) is 0.615. The lowest BCUT2D eigenvalue weighted by Gasteiger charge is -2.10. The summed E-state index contributed by atoms with van der Waals surface area (Å²) in [5.41, 5.74) is 2.40. The molecule has 0 amide bonds. The van der Waals surface area contributed by atoms with Gasteiger partial charge < -0.3 is 15.4 Å². The van der Waals surface area contributed by atoms with Gasteiger partial charge in [0.25, 0.3) is 0 Å². The van der Waals surface area contributed by atoms with Gasteiger partial charge in [0.2, 0.25) is 0 Å². The second-order valence-corrected chi connectivity index (χ2v) is 3.91. The van der Waals surface area contributed by atoms with E-state index in [1.54, 1.807) is 7.11 Å². The Morgan fingerprint density at radius 1 is 1.29 bits per heavy atom. The molecule has 2 N–H and O–H groups in total. The summed E-state index contributed by atoms with van der Waals surface area (Å²) in [6.45, 7) is 7.59. The van der Waals surface area contributed by atoms with E-state index in [-0.39, 0.29) is 0 Å². The Bertz CT molecular complexity index is 328. The standard InChI is InChI=1S/C13H23N3O/c1-4-12-8-11(10-14-5-2)9-13(16-12)15-6-7-17-3/h8-9,14H,4-7,10H2,1-3H3,(H,15,16). The number of anilines is 1. The summed E-state index contributed by atoms with van der Waals surface area (Å²) < 4.78 is 5.01. The van der Waals surface area contributed by atoms with Crippen LogP contribution in [0.2, 0.25) is 0 Å². The molecule has 0 saturated heterocycles. The number of hydrogen-bond donors (Lipinski definition) is 2. The summed E-state index contributed by atoms with van der Waals surface area (Å²) in [5.74, 6) is 0.939. The van der Waals surface area contributed by atoms with Crippen molar-refractivity contribution in [2.45, 2.75) is 26.8 Å². The average molecular weight is 237 g/mol. The maximum Gasteiger partial charge on any atom is 0.126 e. The number of aromatic nitrogens is 1. The topological polar surface area (TPSA) is 46.2 Å². The quantitative estimate of drug-likeness (QED) is 0.677. The zero-order valence-electron chi connectivity index (χ0n) is 11.0. The van der Waals surface area contributed by atoms with Crippen molar-refractivity contribution in [2.24, 2.45) is 0 Å². The van der Waals surface area contributed by atoms with Crippen LogP contribution in [0.4, 0.5) is 5.82 Å². The second kappa shape index (κ2) is 8.03. The molecule has 0 atom stereocenters. The number of hydrogen-bond acceptors (Lipinski definition) is 4. The van der Waals surface area contributed by atoms with Crippen LogP contribution in [0.25, 0.3) is 0 Å². The second-order valence-electron chi connectivity index (χ2n) is 3.91. The molecule has 4 nitrogen and oxygen atoms in total. The molecular formula is C13H23N3O. The van der Waals surface area contributed by atoms with Crippen LogP contribution in [0.1, 0.15) is 25.1 Å². The smallest absolute Gasteiger partial charge is 0.126 e. The van der Waals surface area contributed by atoms with E-state index in [2.05, 4.69) is 41.6 Å². The summed E-state index contributed by atoms with van der Waals surface area (Å²) >= 11 is 0. The Labute approximate surface area is 104 Å². The van der Waals surface area contributed by atoms with E-state index in [0.29, 0.717) is 6.61 Å². The van der Waals surface area contributed by atoms with Crippen LogP contribution in [0.3, 0.4) is 0 Å². The predicted octanol–water partition coefficient (Wildman–Crippen LogP) is 1.81. The number of nitrogens with one attached hydrogen (secondary N) is 2. The minimum Gasteiger partial charge on any atom is -0.383 e. The molecule has 0 bridgehead atoms. The third-order valence-electron chi connectivity index (χ3n) is 2.49. The SMILES string of the molecule is CCNCc1cc(CC)nc(NCCOC)c1. The van der Waals surface area contributed by atoms with Gasteiger partial charge in [0.15, 0.2) is 0 Å². The van der Waals surface area contributed by atoms with Crippen molar-refractivity contribution < 1.29 is 4.74 Å². The van der Waals surface area contributed by atoms with Crippen molar-refractivity contribution in [3.05, 3.63) is 23.4 Å². The van der Waals surface area contributed by atoms with Gasteiger partial charge in [0, 0.05) is 25.9 Å². The van der Waals surface area contributed by atoms with Crippen LogP contribution >= 0.6 is 0 Å². The zero-order valence-corrected chi connectivity index (χ0v) is 11.0. The monoisotopic (exact) mass is 237 g/mol. The number of aryl methyl sites for hydroxylation is 1. The average Bonchev–Trinajstić information content (AvgIpc) is 2.36. The van der Waals surface area contributed by atoms with Crippen LogP contribution in [0, 0.1) is 0 Å². The van der Waals surface area contributed by atoms with Crippen molar-refractivity contribution in [1.29, 1.82) is 0 Å². The molecule has 0 aliphatic heterocycles. The van der Waals surface area contributed by atoms with Crippen molar-refractivity contribution in [1.82, 2.24) is 10.3 Å². The highest BCUT2D eigenvalue weighted by molar-refractivity contribution is 5.39. The van der Waals surface area contributed by atoms with Gasteiger partial charge in [0.05, 0.1) is 6.61 Å². The van der Waals surface area contributed by atoms with Gasteiger partial charge in [-0.3, -0.25) is 0 Å². The van der Waals surface area contributed by atoms with E-state index in [1.165, 1.54) is 5.56 Å². The molecule has 1 rings (SSSR count). The molecule has 0 saturated carbocycles. The van der Waals surface area contributed by atoms with E-state index < -0.39 is 0 Å². The number of pyridine rings is 1. The number of ether oxygens (including phenoxy) is 1. The first-order valence-electron chi connectivity index (χ1n) is 6.23. The van der Waals surface area contributed by atoms with Crippen LogP contribution in [-0.2, 0) is 17.7 Å². The maximum atomic E-state index is 5.01. The van der Waals surface area contributed by atoms with Crippen LogP contribution < -0.4 is 10.6 Å². The van der Waals surface area contributed by atoms with Crippen molar-refractivity contribution >= 4 is 5.82 Å². The molecule has 4 heteroatoms. The van der Waals surface area contributed by atoms with E-state index in [4.69, 9.17) is 4.74 Å². The van der Waals surface area contributed by atoms with Gasteiger partial charge in [-0.15, -0.1) is 0 Å². The molecular weight excluding hydrogens is 214 g/mol. The third-order valence-corrected chi connectivity index (χ3v) is 2.49. The Morgan fingerprint density at radius 3 is 2.76 bits per heavy atom. The van der Waals surface area contributed by atoms with Crippen LogP contribution in [0.15, 0.2) is 12.1 Å². The molecule has 1 aromatic rings. The van der Waals surface area contributed by atoms with Gasteiger partial charge in [0.1, 0.15) is 5.82 Å². The van der Waals surface area contributed by atoms with E-state index >= 15 is 0 Å². The van der Waals surface area contributed by atoms with Crippen molar-refractivity contribution in [2.75, 3.05) is 32.1 Å². The molecule has 0 aliphatic rings. The number of nitrogens with zero attached hydrogens (tertiary/aromatic N) is 1. The number of rotatable bonds is 8. The summed E-state index contributed by atoms with van der Waals surface area (Å²) in [6.07, 6.45) is 0.957. The third kappa shape index (κ3) is 5.15. The molecule has 0 unspecified atom stereocenters. The predicted molar refractivity (Wildman–Crippen MR) is 71.4 cm³/mol. The van der Waals surface area contributed by atoms with Gasteiger partial charge in [-0.1, -0.05) is 13.8 Å². The normalized spacial score (nSPS) is 10.5. The van der Waals surface area contributed by atoms with E-state index in [0.717, 1.165) is 37.6 Å². The first kappa shape index (κ1) is 13.9. The Morgan fingerprint density at radius 2 is 2.12 bits per heavy atom. The summed E-state index contributed by atoms with van der Waals surface area (Å²) in [5, 5.41) is 6.60. The van der Waals surface area contributed by atoms with Crippen LogP contribution in [0.5, 0.6) is 0 Å². The molecule has 96 valence electrons. The molecule has 1 aromatic heterocycles. The highest BCUT2D eigenvalue weighted by atomic mass is 16.5. The van der Waals surface area contributed by atoms with E-state index in [9.17, 15) is 0 Å². The zero-order chi connectivity index (χ0) is 12.5. The van der Waals surface area contributed by atoms with Gasteiger partial charge >= 0.3 is 0 Å². The van der Waals surface area contributed by atoms with Crippen molar-refractivity contribution in [3.8, 4) is 0 Å². The molecule has 17 heavy (non-hydrogen) atoms. The first-order valence-corrected chi connectivity index (χ1v) is 6.23.